The Balaban J connectivity index is 1.94. The van der Waals surface area contributed by atoms with Crippen molar-refractivity contribution >= 4 is 17.1 Å². The van der Waals surface area contributed by atoms with Crippen LogP contribution in [0.2, 0.25) is 0 Å². The quantitative estimate of drug-likeness (QED) is 0.821. The number of rotatable bonds is 2. The topological polar surface area (TPSA) is 56.5 Å². The first kappa shape index (κ1) is 12.7. The van der Waals surface area contributed by atoms with Gasteiger partial charge in [-0.3, -0.25) is 0 Å². The average molecular weight is 270 g/mol. The van der Waals surface area contributed by atoms with Crippen molar-refractivity contribution < 1.29 is 9.47 Å². The van der Waals surface area contributed by atoms with Gasteiger partial charge in [0.05, 0.1) is 11.4 Å². The standard InChI is InChI=1S/C16H18N2O2/c1-10-3-4-13(11(2)7-10)18-14-9-16-15(8-12(14)17)19-5-6-20-16/h3-4,7-9,18H,5-6,17H2,1-2H3. The largest absolute Gasteiger partial charge is 0.486 e. The molecule has 2 aromatic carbocycles. The van der Waals surface area contributed by atoms with Crippen LogP contribution in [0, 0.1) is 13.8 Å². The summed E-state index contributed by atoms with van der Waals surface area (Å²) in [4.78, 5) is 0. The van der Waals surface area contributed by atoms with Crippen molar-refractivity contribution in [2.24, 2.45) is 0 Å². The lowest BCUT2D eigenvalue weighted by Gasteiger charge is -2.21. The van der Waals surface area contributed by atoms with Crippen LogP contribution in [0.4, 0.5) is 17.1 Å². The molecule has 0 radical (unpaired) electrons. The first-order valence-corrected chi connectivity index (χ1v) is 6.67. The first-order valence-electron chi connectivity index (χ1n) is 6.67. The number of nitrogens with one attached hydrogen (secondary N) is 1. The van der Waals surface area contributed by atoms with E-state index in [0.29, 0.717) is 24.7 Å². The molecule has 0 fully saturated rings. The fourth-order valence-electron chi connectivity index (χ4n) is 2.31. The zero-order chi connectivity index (χ0) is 14.1. The van der Waals surface area contributed by atoms with Crippen LogP contribution in [0.3, 0.4) is 0 Å². The normalized spacial score (nSPS) is 13.1. The maximum absolute atomic E-state index is 6.07. The highest BCUT2D eigenvalue weighted by atomic mass is 16.6. The van der Waals surface area contributed by atoms with E-state index in [-0.39, 0.29) is 0 Å². The Bertz CT molecular complexity index is 653. The van der Waals surface area contributed by atoms with Crippen LogP contribution >= 0.6 is 0 Å². The Morgan fingerprint density at radius 3 is 2.35 bits per heavy atom. The molecule has 0 spiro atoms. The number of nitrogens with two attached hydrogens (primary N) is 1. The van der Waals surface area contributed by atoms with Crippen LogP contribution in [-0.4, -0.2) is 13.2 Å². The summed E-state index contributed by atoms with van der Waals surface area (Å²) in [5.41, 5.74) is 11.0. The van der Waals surface area contributed by atoms with E-state index >= 15 is 0 Å². The summed E-state index contributed by atoms with van der Waals surface area (Å²) >= 11 is 0. The van der Waals surface area contributed by atoms with Crippen molar-refractivity contribution in [3.63, 3.8) is 0 Å². The molecule has 1 aliphatic rings. The molecule has 0 saturated heterocycles. The van der Waals surface area contributed by atoms with Crippen molar-refractivity contribution in [2.75, 3.05) is 24.3 Å². The van der Waals surface area contributed by atoms with Gasteiger partial charge in [0.25, 0.3) is 0 Å². The number of nitrogen functional groups attached to an aromatic ring is 1. The molecular formula is C16H18N2O2. The molecule has 3 rings (SSSR count). The minimum atomic E-state index is 0.566. The Hall–Kier alpha value is -2.36. The van der Waals surface area contributed by atoms with Gasteiger partial charge in [0.15, 0.2) is 11.5 Å². The molecule has 20 heavy (non-hydrogen) atoms. The predicted molar refractivity (Wildman–Crippen MR) is 81.0 cm³/mol. The number of benzene rings is 2. The van der Waals surface area contributed by atoms with E-state index in [1.807, 2.05) is 6.07 Å². The lowest BCUT2D eigenvalue weighted by molar-refractivity contribution is 0.172. The number of aryl methyl sites for hydroxylation is 2. The highest BCUT2D eigenvalue weighted by Crippen LogP contribution is 2.38. The zero-order valence-corrected chi connectivity index (χ0v) is 11.7. The fraction of sp³-hybridized carbons (Fsp3) is 0.250. The lowest BCUT2D eigenvalue weighted by Crippen LogP contribution is -2.15. The molecule has 0 unspecified atom stereocenters. The first-order chi connectivity index (χ1) is 9.63. The number of ether oxygens (including phenoxy) is 2. The van der Waals surface area contributed by atoms with Gasteiger partial charge in [0, 0.05) is 17.8 Å². The van der Waals surface area contributed by atoms with Crippen molar-refractivity contribution in [2.45, 2.75) is 13.8 Å². The van der Waals surface area contributed by atoms with Crippen LogP contribution in [0.15, 0.2) is 30.3 Å². The summed E-state index contributed by atoms with van der Waals surface area (Å²) in [6.45, 7) is 5.29. The minimum Gasteiger partial charge on any atom is -0.486 e. The van der Waals surface area contributed by atoms with Gasteiger partial charge in [0.1, 0.15) is 13.2 Å². The van der Waals surface area contributed by atoms with Gasteiger partial charge in [-0.1, -0.05) is 17.7 Å². The van der Waals surface area contributed by atoms with E-state index in [1.165, 1.54) is 11.1 Å². The molecule has 3 N–H and O–H groups in total. The molecular weight excluding hydrogens is 252 g/mol. The summed E-state index contributed by atoms with van der Waals surface area (Å²) in [5.74, 6) is 1.44. The van der Waals surface area contributed by atoms with Gasteiger partial charge in [0.2, 0.25) is 0 Å². The van der Waals surface area contributed by atoms with Gasteiger partial charge in [-0.15, -0.1) is 0 Å². The van der Waals surface area contributed by atoms with Gasteiger partial charge in [-0.05, 0) is 25.5 Å². The van der Waals surface area contributed by atoms with E-state index < -0.39 is 0 Å². The molecule has 0 saturated carbocycles. The van der Waals surface area contributed by atoms with Gasteiger partial charge >= 0.3 is 0 Å². The molecule has 1 heterocycles. The molecule has 0 bridgehead atoms. The Morgan fingerprint density at radius 1 is 0.950 bits per heavy atom. The van der Waals surface area contributed by atoms with E-state index in [0.717, 1.165) is 17.1 Å². The van der Waals surface area contributed by atoms with E-state index in [1.54, 1.807) is 6.07 Å². The third-order valence-electron chi connectivity index (χ3n) is 3.37. The highest BCUT2D eigenvalue weighted by molar-refractivity contribution is 5.77. The lowest BCUT2D eigenvalue weighted by atomic mass is 10.1. The second-order valence-electron chi connectivity index (χ2n) is 5.03. The minimum absolute atomic E-state index is 0.566. The van der Waals surface area contributed by atoms with Gasteiger partial charge in [-0.2, -0.15) is 0 Å². The van der Waals surface area contributed by atoms with Crippen LogP contribution in [0.25, 0.3) is 0 Å². The zero-order valence-electron chi connectivity index (χ0n) is 11.7. The van der Waals surface area contributed by atoms with Crippen LogP contribution in [0.1, 0.15) is 11.1 Å². The Kier molecular flexibility index (Phi) is 3.14. The smallest absolute Gasteiger partial charge is 0.163 e. The Labute approximate surface area is 118 Å². The molecule has 104 valence electrons. The monoisotopic (exact) mass is 270 g/mol. The number of hydrogen-bond acceptors (Lipinski definition) is 4. The molecule has 2 aromatic rings. The van der Waals surface area contributed by atoms with Gasteiger partial charge < -0.3 is 20.5 Å². The van der Waals surface area contributed by atoms with E-state index in [4.69, 9.17) is 15.2 Å². The van der Waals surface area contributed by atoms with Gasteiger partial charge in [-0.25, -0.2) is 0 Å². The number of fused-ring (bicyclic) bond motifs is 1. The second-order valence-corrected chi connectivity index (χ2v) is 5.03. The van der Waals surface area contributed by atoms with E-state index in [9.17, 15) is 0 Å². The Morgan fingerprint density at radius 2 is 1.65 bits per heavy atom. The molecule has 4 heteroatoms. The molecule has 0 aliphatic carbocycles. The summed E-state index contributed by atoms with van der Waals surface area (Å²) in [6, 6.07) is 9.96. The predicted octanol–water partition coefficient (Wildman–Crippen LogP) is 3.40. The molecule has 1 aliphatic heterocycles. The van der Waals surface area contributed by atoms with Crippen LogP contribution in [-0.2, 0) is 0 Å². The maximum Gasteiger partial charge on any atom is 0.163 e. The number of hydrogen-bond donors (Lipinski definition) is 2. The van der Waals surface area contributed by atoms with Crippen molar-refractivity contribution in [1.29, 1.82) is 0 Å². The molecule has 0 amide bonds. The average Bonchev–Trinajstić information content (AvgIpc) is 2.42. The third-order valence-corrected chi connectivity index (χ3v) is 3.37. The van der Waals surface area contributed by atoms with Crippen LogP contribution < -0.4 is 20.5 Å². The number of anilines is 3. The fourth-order valence-corrected chi connectivity index (χ4v) is 2.31. The molecule has 0 aromatic heterocycles. The summed E-state index contributed by atoms with van der Waals surface area (Å²) in [7, 11) is 0. The molecule has 0 atom stereocenters. The summed E-state index contributed by atoms with van der Waals surface area (Å²) < 4.78 is 11.1. The summed E-state index contributed by atoms with van der Waals surface area (Å²) in [5, 5.41) is 3.36. The van der Waals surface area contributed by atoms with Crippen molar-refractivity contribution in [3.8, 4) is 11.5 Å². The third kappa shape index (κ3) is 2.37. The van der Waals surface area contributed by atoms with Crippen LogP contribution in [0.5, 0.6) is 11.5 Å². The van der Waals surface area contributed by atoms with E-state index in [2.05, 4.69) is 37.4 Å². The second kappa shape index (κ2) is 4.96. The highest BCUT2D eigenvalue weighted by Gasteiger charge is 2.15. The van der Waals surface area contributed by atoms with Crippen molar-refractivity contribution in [1.82, 2.24) is 0 Å². The maximum atomic E-state index is 6.07. The molecule has 4 nitrogen and oxygen atoms in total. The van der Waals surface area contributed by atoms with Crippen molar-refractivity contribution in [3.05, 3.63) is 41.5 Å². The summed E-state index contributed by atoms with van der Waals surface area (Å²) in [6.07, 6.45) is 0. The SMILES string of the molecule is Cc1ccc(Nc2cc3c(cc2N)OCCO3)c(C)c1.